The van der Waals surface area contributed by atoms with Crippen molar-refractivity contribution in [1.82, 2.24) is 0 Å². The van der Waals surface area contributed by atoms with Gasteiger partial charge in [-0.05, 0) is 29.0 Å². The van der Waals surface area contributed by atoms with Crippen LogP contribution in [0.4, 0.5) is 0 Å². The van der Waals surface area contributed by atoms with Gasteiger partial charge in [0.2, 0.25) is 0 Å². The fourth-order valence-corrected chi connectivity index (χ4v) is 1.71. The number of rotatable bonds is 2. The number of carbonyl (C=O) groups excluding carboxylic acids is 1. The second-order valence-corrected chi connectivity index (χ2v) is 3.54. The number of hydrogen-bond acceptors (Lipinski definition) is 3. The molecule has 0 spiro atoms. The fraction of sp³-hybridized carbons (Fsp3) is 0.0769. The molecule has 0 aliphatic heterocycles. The highest BCUT2D eigenvalue weighted by Gasteiger charge is 2.10. The van der Waals surface area contributed by atoms with Crippen LogP contribution in [-0.2, 0) is 4.74 Å². The molecule has 0 fully saturated rings. The third-order valence-electron chi connectivity index (χ3n) is 2.53. The van der Waals surface area contributed by atoms with Crippen molar-refractivity contribution in [2.45, 2.75) is 0 Å². The standard InChI is InChI=1S/C13H10O4/c1-17-13(16)9-5-6-10-8(7-9)3-2-4-11(10)12(14)15/h2-7H,1H3,(H,14,15). The minimum Gasteiger partial charge on any atom is -0.478 e. The highest BCUT2D eigenvalue weighted by Crippen LogP contribution is 2.20. The van der Waals surface area contributed by atoms with Crippen molar-refractivity contribution in [3.8, 4) is 0 Å². The number of aromatic carboxylic acids is 1. The van der Waals surface area contributed by atoms with Crippen molar-refractivity contribution in [2.24, 2.45) is 0 Å². The van der Waals surface area contributed by atoms with E-state index >= 15 is 0 Å². The van der Waals surface area contributed by atoms with Gasteiger partial charge in [-0.15, -0.1) is 0 Å². The van der Waals surface area contributed by atoms with E-state index in [1.807, 2.05) is 0 Å². The highest BCUT2D eigenvalue weighted by molar-refractivity contribution is 6.05. The Labute approximate surface area is 97.4 Å². The number of carboxylic acids is 1. The van der Waals surface area contributed by atoms with Crippen molar-refractivity contribution < 1.29 is 19.4 Å². The summed E-state index contributed by atoms with van der Waals surface area (Å²) in [6.45, 7) is 0. The normalized spacial score (nSPS) is 10.2. The van der Waals surface area contributed by atoms with Crippen LogP contribution in [0, 0.1) is 0 Å². The maximum absolute atomic E-state index is 11.3. The number of ether oxygens (including phenoxy) is 1. The molecule has 2 aromatic rings. The van der Waals surface area contributed by atoms with E-state index in [2.05, 4.69) is 4.74 Å². The van der Waals surface area contributed by atoms with E-state index < -0.39 is 11.9 Å². The van der Waals surface area contributed by atoms with E-state index in [4.69, 9.17) is 5.11 Å². The van der Waals surface area contributed by atoms with Crippen molar-refractivity contribution in [1.29, 1.82) is 0 Å². The lowest BCUT2D eigenvalue weighted by Crippen LogP contribution is -2.02. The SMILES string of the molecule is COC(=O)c1ccc2c(C(=O)O)cccc2c1. The average Bonchev–Trinajstić information content (AvgIpc) is 2.36. The first kappa shape index (κ1) is 11.1. The zero-order valence-electron chi connectivity index (χ0n) is 9.14. The Bertz CT molecular complexity index is 601. The number of methoxy groups -OCH3 is 1. The van der Waals surface area contributed by atoms with Crippen LogP contribution in [0.2, 0.25) is 0 Å². The zero-order valence-corrected chi connectivity index (χ0v) is 9.14. The Balaban J connectivity index is 2.65. The largest absolute Gasteiger partial charge is 0.478 e. The number of carbonyl (C=O) groups is 2. The predicted molar refractivity (Wildman–Crippen MR) is 62.2 cm³/mol. The topological polar surface area (TPSA) is 63.6 Å². The summed E-state index contributed by atoms with van der Waals surface area (Å²) in [6.07, 6.45) is 0. The lowest BCUT2D eigenvalue weighted by molar-refractivity contribution is 0.0600. The van der Waals surface area contributed by atoms with Gasteiger partial charge in [0.1, 0.15) is 0 Å². The second kappa shape index (κ2) is 4.25. The van der Waals surface area contributed by atoms with Crippen molar-refractivity contribution >= 4 is 22.7 Å². The predicted octanol–water partition coefficient (Wildman–Crippen LogP) is 2.32. The van der Waals surface area contributed by atoms with Crippen LogP contribution in [0.1, 0.15) is 20.7 Å². The van der Waals surface area contributed by atoms with E-state index in [1.54, 1.807) is 30.3 Å². The smallest absolute Gasteiger partial charge is 0.337 e. The lowest BCUT2D eigenvalue weighted by Gasteiger charge is -2.04. The van der Waals surface area contributed by atoms with Crippen LogP contribution in [0.25, 0.3) is 10.8 Å². The molecule has 2 aromatic carbocycles. The van der Waals surface area contributed by atoms with Gasteiger partial charge in [0.25, 0.3) is 0 Å². The molecule has 4 nitrogen and oxygen atoms in total. The number of benzene rings is 2. The molecule has 0 bridgehead atoms. The molecular formula is C13H10O4. The Morgan fingerprint density at radius 2 is 1.94 bits per heavy atom. The van der Waals surface area contributed by atoms with E-state index in [1.165, 1.54) is 13.2 Å². The van der Waals surface area contributed by atoms with Gasteiger partial charge in [-0.3, -0.25) is 0 Å². The third kappa shape index (κ3) is 1.97. The van der Waals surface area contributed by atoms with E-state index in [0.717, 1.165) is 0 Å². The molecule has 0 aliphatic rings. The van der Waals surface area contributed by atoms with Crippen molar-refractivity contribution in [3.63, 3.8) is 0 Å². The Morgan fingerprint density at radius 3 is 2.59 bits per heavy atom. The lowest BCUT2D eigenvalue weighted by atomic mass is 10.0. The summed E-state index contributed by atoms with van der Waals surface area (Å²) in [5.74, 6) is -1.42. The van der Waals surface area contributed by atoms with Crippen LogP contribution in [-0.4, -0.2) is 24.2 Å². The molecule has 17 heavy (non-hydrogen) atoms. The zero-order chi connectivity index (χ0) is 12.4. The molecule has 86 valence electrons. The average molecular weight is 230 g/mol. The first-order valence-corrected chi connectivity index (χ1v) is 4.98. The molecule has 0 aliphatic carbocycles. The summed E-state index contributed by atoms with van der Waals surface area (Å²) in [6, 6.07) is 9.72. The van der Waals surface area contributed by atoms with Gasteiger partial charge in [-0.2, -0.15) is 0 Å². The van der Waals surface area contributed by atoms with Crippen LogP contribution in [0.15, 0.2) is 36.4 Å². The minimum atomic E-state index is -0.985. The molecule has 0 heterocycles. The number of hydrogen-bond donors (Lipinski definition) is 1. The number of carboxylic acid groups (broad SMARTS) is 1. The van der Waals surface area contributed by atoms with Crippen LogP contribution >= 0.6 is 0 Å². The maximum atomic E-state index is 11.3. The molecule has 4 heteroatoms. The summed E-state index contributed by atoms with van der Waals surface area (Å²) in [4.78, 5) is 22.3. The first-order valence-electron chi connectivity index (χ1n) is 4.98. The number of esters is 1. The maximum Gasteiger partial charge on any atom is 0.337 e. The van der Waals surface area contributed by atoms with Gasteiger partial charge >= 0.3 is 11.9 Å². The fourth-order valence-electron chi connectivity index (χ4n) is 1.71. The summed E-state index contributed by atoms with van der Waals surface area (Å²) in [5, 5.41) is 10.3. The van der Waals surface area contributed by atoms with Crippen LogP contribution in [0.3, 0.4) is 0 Å². The molecule has 0 saturated carbocycles. The Morgan fingerprint density at radius 1 is 1.18 bits per heavy atom. The van der Waals surface area contributed by atoms with Gasteiger partial charge < -0.3 is 9.84 Å². The molecule has 0 unspecified atom stereocenters. The molecule has 2 rings (SSSR count). The van der Waals surface area contributed by atoms with Gasteiger partial charge in [0, 0.05) is 0 Å². The monoisotopic (exact) mass is 230 g/mol. The highest BCUT2D eigenvalue weighted by atomic mass is 16.5. The quantitative estimate of drug-likeness (QED) is 0.804. The molecule has 0 atom stereocenters. The van der Waals surface area contributed by atoms with Crippen LogP contribution < -0.4 is 0 Å². The molecular weight excluding hydrogens is 220 g/mol. The summed E-state index contributed by atoms with van der Waals surface area (Å²) < 4.78 is 4.61. The van der Waals surface area contributed by atoms with E-state index in [9.17, 15) is 9.59 Å². The number of fused-ring (bicyclic) bond motifs is 1. The van der Waals surface area contributed by atoms with Gasteiger partial charge in [0.05, 0.1) is 18.2 Å². The first-order chi connectivity index (χ1) is 8.13. The molecule has 1 N–H and O–H groups in total. The Kier molecular flexibility index (Phi) is 2.78. The summed E-state index contributed by atoms with van der Waals surface area (Å²) in [7, 11) is 1.31. The minimum absolute atomic E-state index is 0.221. The third-order valence-corrected chi connectivity index (χ3v) is 2.53. The van der Waals surface area contributed by atoms with Crippen LogP contribution in [0.5, 0.6) is 0 Å². The second-order valence-electron chi connectivity index (χ2n) is 3.54. The van der Waals surface area contributed by atoms with E-state index in [-0.39, 0.29) is 5.56 Å². The summed E-state index contributed by atoms with van der Waals surface area (Å²) >= 11 is 0. The molecule has 0 amide bonds. The van der Waals surface area contributed by atoms with Gasteiger partial charge in [-0.1, -0.05) is 18.2 Å². The van der Waals surface area contributed by atoms with Gasteiger partial charge in [0.15, 0.2) is 0 Å². The molecule has 0 saturated heterocycles. The molecule has 0 aromatic heterocycles. The van der Waals surface area contributed by atoms with Crippen molar-refractivity contribution in [2.75, 3.05) is 7.11 Å². The van der Waals surface area contributed by atoms with Gasteiger partial charge in [-0.25, -0.2) is 9.59 Å². The Hall–Kier alpha value is -2.36. The molecule has 0 radical (unpaired) electrons. The summed E-state index contributed by atoms with van der Waals surface area (Å²) in [5.41, 5.74) is 0.626. The van der Waals surface area contributed by atoms with Crippen molar-refractivity contribution in [3.05, 3.63) is 47.5 Å². The van der Waals surface area contributed by atoms with E-state index in [0.29, 0.717) is 16.3 Å².